The molecular formula is C25H25FN4O7. The zero-order valence-corrected chi connectivity index (χ0v) is 20.2. The van der Waals surface area contributed by atoms with Gasteiger partial charge in [-0.05, 0) is 38.9 Å². The Morgan fingerprint density at radius 3 is 2.51 bits per heavy atom. The number of benzene rings is 1. The van der Waals surface area contributed by atoms with Gasteiger partial charge in [0.05, 0.1) is 17.2 Å². The van der Waals surface area contributed by atoms with Crippen LogP contribution in [-0.2, 0) is 23.1 Å². The first-order valence-electron chi connectivity index (χ1n) is 11.5. The van der Waals surface area contributed by atoms with Crippen LogP contribution in [0.1, 0.15) is 22.3 Å². The molecule has 0 aliphatic heterocycles. The van der Waals surface area contributed by atoms with Crippen LogP contribution in [0.15, 0.2) is 41.1 Å². The van der Waals surface area contributed by atoms with Crippen LogP contribution in [0, 0.1) is 17.7 Å². The Morgan fingerprint density at radius 2 is 1.95 bits per heavy atom. The maximum Gasteiger partial charge on any atom is 0.255 e. The number of aromatic hydroxyl groups is 1. The van der Waals surface area contributed by atoms with Gasteiger partial charge >= 0.3 is 0 Å². The van der Waals surface area contributed by atoms with E-state index in [1.54, 1.807) is 17.8 Å². The summed E-state index contributed by atoms with van der Waals surface area (Å²) in [5.74, 6) is -8.40. The van der Waals surface area contributed by atoms with Gasteiger partial charge in [-0.15, -0.1) is 0 Å². The monoisotopic (exact) mass is 512 g/mol. The number of aliphatic hydroxyl groups excluding tert-OH is 2. The number of imidazole rings is 1. The molecule has 0 radical (unpaired) electrons. The van der Waals surface area contributed by atoms with Crippen LogP contribution >= 0.6 is 0 Å². The number of nitrogens with zero attached hydrogens (tertiary/aromatic N) is 3. The van der Waals surface area contributed by atoms with E-state index in [0.29, 0.717) is 0 Å². The predicted octanol–water partition coefficient (Wildman–Crippen LogP) is 0.660. The summed E-state index contributed by atoms with van der Waals surface area (Å²) in [6, 6.07) is -0.0606. The Balaban J connectivity index is 1.72. The third-order valence-electron chi connectivity index (χ3n) is 7.72. The number of Topliss-reactive ketones (excluding diaryl/α,β-unsaturated/α-hetero) is 2. The number of hydrogen-bond donors (Lipinski definition) is 5. The number of phenols is 1. The number of ketones is 2. The summed E-state index contributed by atoms with van der Waals surface area (Å²) in [6.45, 7) is 0. The summed E-state index contributed by atoms with van der Waals surface area (Å²) in [5, 5.41) is 44.3. The average Bonchev–Trinajstić information content (AvgIpc) is 3.23. The van der Waals surface area contributed by atoms with E-state index in [2.05, 4.69) is 4.98 Å². The molecule has 11 nitrogen and oxygen atoms in total. The fourth-order valence-corrected chi connectivity index (χ4v) is 6.08. The number of rotatable bonds is 3. The third-order valence-corrected chi connectivity index (χ3v) is 7.72. The van der Waals surface area contributed by atoms with E-state index in [-0.39, 0.29) is 35.4 Å². The van der Waals surface area contributed by atoms with E-state index in [1.807, 2.05) is 0 Å². The van der Waals surface area contributed by atoms with E-state index in [4.69, 9.17) is 5.73 Å². The molecule has 0 spiro atoms. The van der Waals surface area contributed by atoms with Gasteiger partial charge in [0.25, 0.3) is 5.91 Å². The zero-order chi connectivity index (χ0) is 27.1. The summed E-state index contributed by atoms with van der Waals surface area (Å²) in [4.78, 5) is 44.4. The molecule has 2 aromatic rings. The first-order valence-corrected chi connectivity index (χ1v) is 11.5. The quantitative estimate of drug-likeness (QED) is 0.369. The summed E-state index contributed by atoms with van der Waals surface area (Å²) < 4.78 is 17.3. The summed E-state index contributed by atoms with van der Waals surface area (Å²) in [6.07, 6.45) is 2.78. The van der Waals surface area contributed by atoms with Gasteiger partial charge in [-0.1, -0.05) is 0 Å². The highest BCUT2D eigenvalue weighted by molar-refractivity contribution is 6.24. The molecule has 0 bridgehead atoms. The van der Waals surface area contributed by atoms with E-state index in [1.165, 1.54) is 25.2 Å². The number of aliphatic hydroxyl groups is 3. The fraction of sp³-hybridized carbons (Fsp3) is 0.360. The van der Waals surface area contributed by atoms with Gasteiger partial charge in [0, 0.05) is 36.5 Å². The minimum atomic E-state index is -2.74. The minimum absolute atomic E-state index is 0.0220. The number of halogens is 1. The smallest absolute Gasteiger partial charge is 0.255 e. The van der Waals surface area contributed by atoms with Gasteiger partial charge in [-0.2, -0.15) is 0 Å². The van der Waals surface area contributed by atoms with Crippen molar-refractivity contribution in [1.82, 2.24) is 14.5 Å². The third kappa shape index (κ3) is 3.12. The van der Waals surface area contributed by atoms with Crippen molar-refractivity contribution in [2.75, 3.05) is 14.1 Å². The van der Waals surface area contributed by atoms with Crippen molar-refractivity contribution in [2.24, 2.45) is 24.6 Å². The van der Waals surface area contributed by atoms with E-state index in [0.717, 1.165) is 6.07 Å². The number of carbonyl (C=O) groups excluding carboxylic acids is 3. The van der Waals surface area contributed by atoms with E-state index < -0.39 is 75.2 Å². The molecular weight excluding hydrogens is 487 g/mol. The largest absolute Gasteiger partial charge is 0.510 e. The molecule has 5 rings (SSSR count). The highest BCUT2D eigenvalue weighted by Gasteiger charge is 2.63. The molecule has 4 atom stereocenters. The number of carbonyl (C=O) groups is 3. The lowest BCUT2D eigenvalue weighted by atomic mass is 9.58. The Hall–Kier alpha value is -4.03. The number of aromatic nitrogens is 2. The highest BCUT2D eigenvalue weighted by Crippen LogP contribution is 2.52. The number of phenolic OH excluding ortho intramolecular Hbond substituents is 1. The van der Waals surface area contributed by atoms with Crippen molar-refractivity contribution < 1.29 is 39.2 Å². The molecule has 12 heteroatoms. The van der Waals surface area contributed by atoms with Crippen LogP contribution in [0.5, 0.6) is 5.75 Å². The second-order valence-electron chi connectivity index (χ2n) is 9.94. The van der Waals surface area contributed by atoms with Gasteiger partial charge in [-0.3, -0.25) is 19.3 Å². The number of primary amides is 1. The van der Waals surface area contributed by atoms with Gasteiger partial charge < -0.3 is 30.7 Å². The summed E-state index contributed by atoms with van der Waals surface area (Å²) >= 11 is 0. The summed E-state index contributed by atoms with van der Waals surface area (Å²) in [5.41, 5.74) is 0.827. The van der Waals surface area contributed by atoms with Crippen LogP contribution < -0.4 is 5.73 Å². The van der Waals surface area contributed by atoms with Gasteiger partial charge in [0.1, 0.15) is 34.5 Å². The molecule has 1 heterocycles. The Bertz CT molecular complexity index is 1470. The highest BCUT2D eigenvalue weighted by atomic mass is 19.1. The van der Waals surface area contributed by atoms with Crippen molar-refractivity contribution in [3.63, 3.8) is 0 Å². The average molecular weight is 512 g/mol. The molecule has 3 aliphatic carbocycles. The van der Waals surface area contributed by atoms with Crippen LogP contribution in [0.2, 0.25) is 0 Å². The predicted molar refractivity (Wildman–Crippen MR) is 126 cm³/mol. The van der Waals surface area contributed by atoms with Crippen LogP contribution in [0.25, 0.3) is 11.4 Å². The Kier molecular flexibility index (Phi) is 5.32. The Morgan fingerprint density at radius 1 is 1.27 bits per heavy atom. The minimum Gasteiger partial charge on any atom is -0.510 e. The lowest BCUT2D eigenvalue weighted by molar-refractivity contribution is -0.148. The first kappa shape index (κ1) is 24.7. The van der Waals surface area contributed by atoms with Gasteiger partial charge in [0.2, 0.25) is 5.78 Å². The lowest BCUT2D eigenvalue weighted by Gasteiger charge is -2.50. The molecule has 1 aromatic carbocycles. The molecule has 0 unspecified atom stereocenters. The van der Waals surface area contributed by atoms with E-state index in [9.17, 15) is 34.8 Å². The summed E-state index contributed by atoms with van der Waals surface area (Å²) in [7, 11) is 4.71. The van der Waals surface area contributed by atoms with E-state index >= 15 is 4.39 Å². The standard InChI is InChI=1S/C25H25FN4O7/c1-29(2)18-12-7-9-6-10-15(13(31)8-11(17(10)26)24-28-4-5-30(24)3)19(32)14(9)21(34)25(12,37)22(35)16(20(18)33)23(27)36/h4-5,8-9,12,18,31,33-34,37H,6-7H2,1-3H3,(H2,27,36)/t9-,12-,18-,25-/m0/s1. The van der Waals surface area contributed by atoms with Crippen molar-refractivity contribution >= 4 is 17.5 Å². The normalized spacial score (nSPS) is 27.4. The first-order chi connectivity index (χ1) is 17.3. The van der Waals surface area contributed by atoms with Crippen LogP contribution in [0.4, 0.5) is 4.39 Å². The second kappa shape index (κ2) is 7.98. The number of aryl methyl sites for hydroxylation is 1. The van der Waals surface area contributed by atoms with Crippen molar-refractivity contribution in [3.05, 3.63) is 58.1 Å². The maximum absolute atomic E-state index is 15.8. The SMILES string of the molecule is CN(C)[C@@H]1C(O)=C(C(N)=O)C(=O)[C@@]2(O)C(O)=C3C(=O)c4c(O)cc(-c5nccn5C)c(F)c4C[C@H]3C[C@@H]12. The second-order valence-corrected chi connectivity index (χ2v) is 9.94. The molecule has 1 amide bonds. The molecule has 3 aliphatic rings. The van der Waals surface area contributed by atoms with Crippen LogP contribution in [0.3, 0.4) is 0 Å². The topological polar surface area (TPSA) is 179 Å². The molecule has 37 heavy (non-hydrogen) atoms. The van der Waals surface area contributed by atoms with Gasteiger partial charge in [0.15, 0.2) is 11.4 Å². The number of likely N-dealkylation sites (N-methyl/N-ethyl adjacent to an activating group) is 1. The molecule has 0 saturated carbocycles. The maximum atomic E-state index is 15.8. The zero-order valence-electron chi connectivity index (χ0n) is 20.2. The molecule has 194 valence electrons. The van der Waals surface area contributed by atoms with Crippen molar-refractivity contribution in [3.8, 4) is 17.1 Å². The fourth-order valence-electron chi connectivity index (χ4n) is 6.08. The molecule has 1 aromatic heterocycles. The lowest BCUT2D eigenvalue weighted by Crippen LogP contribution is -2.63. The molecule has 0 saturated heterocycles. The molecule has 6 N–H and O–H groups in total. The van der Waals surface area contributed by atoms with Crippen molar-refractivity contribution in [1.29, 1.82) is 0 Å². The number of allylic oxidation sites excluding steroid dienone is 1. The number of fused-ring (bicyclic) bond motifs is 3. The number of amides is 1. The number of hydrogen-bond acceptors (Lipinski definition) is 9. The van der Waals surface area contributed by atoms with Gasteiger partial charge in [-0.25, -0.2) is 9.37 Å². The van der Waals surface area contributed by atoms with Crippen LogP contribution in [-0.4, -0.2) is 78.1 Å². The molecule has 0 fully saturated rings. The Labute approximate surface area is 209 Å². The van der Waals surface area contributed by atoms with Crippen molar-refractivity contribution in [2.45, 2.75) is 24.5 Å². The number of nitrogens with two attached hydrogens (primary N) is 1.